The molecular formula is C9H14N2O2. The van der Waals surface area contributed by atoms with Crippen LogP contribution in [0.15, 0.2) is 16.9 Å². The number of nitrogens with two attached hydrogens (primary N) is 1. The molecule has 0 unspecified atom stereocenters. The number of pyridine rings is 1. The van der Waals surface area contributed by atoms with Crippen LogP contribution >= 0.6 is 0 Å². The van der Waals surface area contributed by atoms with Gasteiger partial charge in [-0.3, -0.25) is 4.79 Å². The van der Waals surface area contributed by atoms with Crippen LogP contribution in [-0.4, -0.2) is 10.1 Å². The van der Waals surface area contributed by atoms with Gasteiger partial charge < -0.3 is 15.8 Å². The molecule has 0 bridgehead atoms. The lowest BCUT2D eigenvalue weighted by atomic mass is 10.1. The summed E-state index contributed by atoms with van der Waals surface area (Å²) in [5, 5.41) is 9.14. The third-order valence-corrected chi connectivity index (χ3v) is 1.85. The molecule has 72 valence electrons. The molecule has 0 spiro atoms. The number of hydrogen-bond acceptors (Lipinski definition) is 3. The summed E-state index contributed by atoms with van der Waals surface area (Å²) in [6.07, 6.45) is 1.73. The molecule has 4 N–H and O–H groups in total. The Balaban J connectivity index is 2.94. The van der Waals surface area contributed by atoms with Crippen molar-refractivity contribution in [1.29, 1.82) is 0 Å². The quantitative estimate of drug-likeness (QED) is 0.649. The Bertz CT molecular complexity index is 333. The molecular weight excluding hydrogens is 168 g/mol. The molecule has 0 aromatic carbocycles. The number of nitrogens with one attached hydrogen (secondary N) is 1. The zero-order valence-corrected chi connectivity index (χ0v) is 7.58. The zero-order chi connectivity index (χ0) is 9.84. The first-order chi connectivity index (χ1) is 6.13. The van der Waals surface area contributed by atoms with Crippen molar-refractivity contribution in [3.8, 4) is 5.75 Å². The van der Waals surface area contributed by atoms with E-state index in [0.717, 1.165) is 18.9 Å². The fourth-order valence-electron chi connectivity index (χ4n) is 1.22. The molecule has 0 saturated carbocycles. The highest BCUT2D eigenvalue weighted by Crippen LogP contribution is 2.15. The van der Waals surface area contributed by atoms with Crippen LogP contribution in [0, 0.1) is 0 Å². The van der Waals surface area contributed by atoms with E-state index in [2.05, 4.69) is 4.98 Å². The van der Waals surface area contributed by atoms with Gasteiger partial charge in [-0.2, -0.15) is 0 Å². The number of aromatic amines is 1. The topological polar surface area (TPSA) is 79.1 Å². The highest BCUT2D eigenvalue weighted by atomic mass is 16.3. The summed E-state index contributed by atoms with van der Waals surface area (Å²) in [5.41, 5.74) is 6.03. The molecule has 1 rings (SSSR count). The first kappa shape index (κ1) is 9.80. The minimum absolute atomic E-state index is 0.0368. The number of hydrogen-bond donors (Lipinski definition) is 3. The highest BCUT2D eigenvalue weighted by molar-refractivity contribution is 5.22. The number of rotatable bonds is 3. The van der Waals surface area contributed by atoms with Crippen LogP contribution in [0.4, 0.5) is 0 Å². The molecule has 1 atom stereocenters. The molecule has 1 aromatic rings. The van der Waals surface area contributed by atoms with E-state index in [1.165, 1.54) is 6.07 Å². The van der Waals surface area contributed by atoms with Gasteiger partial charge >= 0.3 is 0 Å². The van der Waals surface area contributed by atoms with E-state index in [1.807, 2.05) is 6.92 Å². The Morgan fingerprint density at radius 3 is 2.85 bits per heavy atom. The second kappa shape index (κ2) is 4.09. The molecule has 0 radical (unpaired) electrons. The van der Waals surface area contributed by atoms with Gasteiger partial charge in [-0.25, -0.2) is 0 Å². The third kappa shape index (κ3) is 2.59. The monoisotopic (exact) mass is 182 g/mol. The first-order valence-corrected chi connectivity index (χ1v) is 4.32. The van der Waals surface area contributed by atoms with Gasteiger partial charge in [0.15, 0.2) is 0 Å². The maximum Gasteiger partial charge on any atom is 0.251 e. The largest absolute Gasteiger partial charge is 0.508 e. The lowest BCUT2D eigenvalue weighted by molar-refractivity contribution is 0.470. The highest BCUT2D eigenvalue weighted by Gasteiger charge is 2.06. The van der Waals surface area contributed by atoms with E-state index in [0.29, 0.717) is 5.69 Å². The summed E-state index contributed by atoms with van der Waals surface area (Å²) in [6, 6.07) is 2.41. The molecule has 0 fully saturated rings. The fourth-order valence-corrected chi connectivity index (χ4v) is 1.22. The van der Waals surface area contributed by atoms with Crippen LogP contribution in [-0.2, 0) is 0 Å². The van der Waals surface area contributed by atoms with Gasteiger partial charge in [0.2, 0.25) is 0 Å². The summed E-state index contributed by atoms with van der Waals surface area (Å²) >= 11 is 0. The molecule has 0 amide bonds. The predicted molar refractivity (Wildman–Crippen MR) is 50.6 cm³/mol. The number of H-pyrrole nitrogens is 1. The Hall–Kier alpha value is -1.29. The molecule has 1 heterocycles. The summed E-state index contributed by atoms with van der Waals surface area (Å²) < 4.78 is 0. The van der Waals surface area contributed by atoms with Crippen molar-refractivity contribution in [2.24, 2.45) is 5.73 Å². The van der Waals surface area contributed by atoms with E-state index in [-0.39, 0.29) is 17.4 Å². The van der Waals surface area contributed by atoms with Crippen LogP contribution in [0.3, 0.4) is 0 Å². The minimum atomic E-state index is -0.318. The second-order valence-corrected chi connectivity index (χ2v) is 3.05. The van der Waals surface area contributed by atoms with Crippen LogP contribution < -0.4 is 11.3 Å². The minimum Gasteiger partial charge on any atom is -0.508 e. The Morgan fingerprint density at radius 2 is 2.31 bits per heavy atom. The molecule has 0 saturated heterocycles. The van der Waals surface area contributed by atoms with E-state index in [9.17, 15) is 4.79 Å². The summed E-state index contributed by atoms with van der Waals surface area (Å²) in [6.45, 7) is 2.01. The van der Waals surface area contributed by atoms with Crippen LogP contribution in [0.5, 0.6) is 5.75 Å². The van der Waals surface area contributed by atoms with Crippen LogP contribution in [0.2, 0.25) is 0 Å². The van der Waals surface area contributed by atoms with Crippen molar-refractivity contribution in [3.05, 3.63) is 28.2 Å². The second-order valence-electron chi connectivity index (χ2n) is 3.05. The van der Waals surface area contributed by atoms with Crippen LogP contribution in [0.1, 0.15) is 31.5 Å². The average molecular weight is 182 g/mol. The molecule has 4 nitrogen and oxygen atoms in total. The van der Waals surface area contributed by atoms with Gasteiger partial charge in [-0.15, -0.1) is 0 Å². The summed E-state index contributed by atoms with van der Waals surface area (Å²) in [4.78, 5) is 13.5. The van der Waals surface area contributed by atoms with E-state index < -0.39 is 0 Å². The molecule has 0 aliphatic heterocycles. The van der Waals surface area contributed by atoms with Gasteiger partial charge in [0, 0.05) is 23.9 Å². The van der Waals surface area contributed by atoms with Gasteiger partial charge in [-0.05, 0) is 6.42 Å². The first-order valence-electron chi connectivity index (χ1n) is 4.32. The standard InChI is InChI=1S/C9H14N2O2/c1-2-3-7(10)8-4-6(12)5-9(13)11-8/h4-5,7H,2-3,10H2,1H3,(H2,11,12,13)/t7-/m1/s1. The molecule has 1 aromatic heterocycles. The van der Waals surface area contributed by atoms with E-state index >= 15 is 0 Å². The molecule has 0 aliphatic rings. The lowest BCUT2D eigenvalue weighted by Gasteiger charge is -2.09. The van der Waals surface area contributed by atoms with E-state index in [1.54, 1.807) is 0 Å². The Morgan fingerprint density at radius 1 is 1.62 bits per heavy atom. The van der Waals surface area contributed by atoms with Crippen molar-refractivity contribution in [2.45, 2.75) is 25.8 Å². The van der Waals surface area contributed by atoms with Gasteiger partial charge in [0.25, 0.3) is 5.56 Å². The van der Waals surface area contributed by atoms with Crippen molar-refractivity contribution in [1.82, 2.24) is 4.98 Å². The molecule has 0 aliphatic carbocycles. The van der Waals surface area contributed by atoms with Crippen LogP contribution in [0.25, 0.3) is 0 Å². The SMILES string of the molecule is CCC[C@@H](N)c1cc(O)cc(=O)[nH]1. The normalized spacial score (nSPS) is 12.8. The lowest BCUT2D eigenvalue weighted by Crippen LogP contribution is -2.16. The number of aromatic hydroxyl groups is 1. The average Bonchev–Trinajstić information content (AvgIpc) is 2.03. The number of aromatic nitrogens is 1. The smallest absolute Gasteiger partial charge is 0.251 e. The zero-order valence-electron chi connectivity index (χ0n) is 7.58. The van der Waals surface area contributed by atoms with Gasteiger partial charge in [0.1, 0.15) is 5.75 Å². The third-order valence-electron chi connectivity index (χ3n) is 1.85. The Kier molecular flexibility index (Phi) is 3.08. The maximum atomic E-state index is 10.9. The predicted octanol–water partition coefficient (Wildman–Crippen LogP) is 0.880. The summed E-state index contributed by atoms with van der Waals surface area (Å²) in [7, 11) is 0. The van der Waals surface area contributed by atoms with Crippen molar-refractivity contribution >= 4 is 0 Å². The molecule has 4 heteroatoms. The maximum absolute atomic E-state index is 10.9. The fraction of sp³-hybridized carbons (Fsp3) is 0.444. The van der Waals surface area contributed by atoms with Crippen molar-refractivity contribution in [2.75, 3.05) is 0 Å². The molecule has 13 heavy (non-hydrogen) atoms. The van der Waals surface area contributed by atoms with E-state index in [4.69, 9.17) is 10.8 Å². The Labute approximate surface area is 76.4 Å². The van der Waals surface area contributed by atoms with Gasteiger partial charge in [0.05, 0.1) is 0 Å². The van der Waals surface area contributed by atoms with Crippen molar-refractivity contribution in [3.63, 3.8) is 0 Å². The van der Waals surface area contributed by atoms with Crippen molar-refractivity contribution < 1.29 is 5.11 Å². The van der Waals surface area contributed by atoms with Gasteiger partial charge in [-0.1, -0.05) is 13.3 Å². The summed E-state index contributed by atoms with van der Waals surface area (Å²) in [5.74, 6) is -0.0368.